The smallest absolute Gasteiger partial charge is 0.0628 e. The lowest BCUT2D eigenvalue weighted by atomic mass is 9.53. The van der Waals surface area contributed by atoms with E-state index >= 15 is 0 Å². The van der Waals surface area contributed by atoms with E-state index in [1.165, 1.54) is 5.56 Å². The average Bonchev–Trinajstić information content (AvgIpc) is 2.56. The summed E-state index contributed by atoms with van der Waals surface area (Å²) in [4.78, 5) is 0. The minimum atomic E-state index is -0.132. The third-order valence-electron chi connectivity index (χ3n) is 4.56. The van der Waals surface area contributed by atoms with Crippen LogP contribution in [0.5, 0.6) is 0 Å². The van der Waals surface area contributed by atoms with Crippen molar-refractivity contribution in [2.24, 2.45) is 12.5 Å². The minimum absolute atomic E-state index is 0.0911. The first-order chi connectivity index (χ1) is 7.55. The maximum Gasteiger partial charge on any atom is 0.0628 e. The number of hydrogen-bond acceptors (Lipinski definition) is 2. The van der Waals surface area contributed by atoms with Crippen molar-refractivity contribution < 1.29 is 5.11 Å². The van der Waals surface area contributed by atoms with Crippen LogP contribution < -0.4 is 0 Å². The Morgan fingerprint density at radius 2 is 2.12 bits per heavy atom. The summed E-state index contributed by atoms with van der Waals surface area (Å²) in [7, 11) is 1.96. The summed E-state index contributed by atoms with van der Waals surface area (Å²) in [6.45, 7) is 6.44. The molecular formula is C13H22N2O. The zero-order valence-electron chi connectivity index (χ0n) is 10.7. The van der Waals surface area contributed by atoms with Gasteiger partial charge in [0.15, 0.2) is 0 Å². The zero-order valence-corrected chi connectivity index (χ0v) is 10.7. The number of hydrogen-bond donors (Lipinski definition) is 1. The molecule has 2 rings (SSSR count). The predicted octanol–water partition coefficient (Wildman–Crippen LogP) is 2.38. The Kier molecular flexibility index (Phi) is 2.82. The van der Waals surface area contributed by atoms with Gasteiger partial charge in [-0.25, -0.2) is 0 Å². The number of aliphatic hydroxyl groups excluding tert-OH is 1. The van der Waals surface area contributed by atoms with E-state index in [2.05, 4.69) is 32.1 Å². The lowest BCUT2D eigenvalue weighted by Crippen LogP contribution is -2.51. The van der Waals surface area contributed by atoms with Crippen molar-refractivity contribution in [2.45, 2.75) is 52.1 Å². The van der Waals surface area contributed by atoms with Crippen LogP contribution in [0.2, 0.25) is 0 Å². The first-order valence-corrected chi connectivity index (χ1v) is 6.23. The number of nitrogens with zero attached hydrogens (tertiary/aromatic N) is 2. The second-order valence-corrected chi connectivity index (χ2v) is 5.09. The molecule has 1 heterocycles. The monoisotopic (exact) mass is 222 g/mol. The van der Waals surface area contributed by atoms with Crippen LogP contribution in [-0.4, -0.2) is 21.0 Å². The summed E-state index contributed by atoms with van der Waals surface area (Å²) in [6.07, 6.45) is 4.97. The summed E-state index contributed by atoms with van der Waals surface area (Å²) < 4.78 is 1.88. The normalized spacial score (nSPS) is 27.8. The molecule has 1 N–H and O–H groups in total. The van der Waals surface area contributed by atoms with Gasteiger partial charge in [0.05, 0.1) is 11.8 Å². The molecule has 1 aromatic rings. The summed E-state index contributed by atoms with van der Waals surface area (Å²) in [5, 5.41) is 14.5. The van der Waals surface area contributed by atoms with E-state index in [0.29, 0.717) is 5.92 Å². The van der Waals surface area contributed by atoms with Crippen LogP contribution in [0.15, 0.2) is 6.20 Å². The molecule has 16 heavy (non-hydrogen) atoms. The van der Waals surface area contributed by atoms with E-state index < -0.39 is 0 Å². The Balaban J connectivity index is 2.32. The van der Waals surface area contributed by atoms with Gasteiger partial charge >= 0.3 is 0 Å². The Morgan fingerprint density at radius 3 is 2.50 bits per heavy atom. The van der Waals surface area contributed by atoms with E-state index in [9.17, 15) is 5.11 Å². The second-order valence-electron chi connectivity index (χ2n) is 5.09. The summed E-state index contributed by atoms with van der Waals surface area (Å²) in [6, 6.07) is 0. The summed E-state index contributed by atoms with van der Waals surface area (Å²) >= 11 is 0. The lowest BCUT2D eigenvalue weighted by Gasteiger charge is -2.53. The van der Waals surface area contributed by atoms with Crippen LogP contribution >= 0.6 is 0 Å². The SMILES string of the molecule is CCC1(CC)C(O)CC1c1cn(C)nc1C. The lowest BCUT2D eigenvalue weighted by molar-refractivity contribution is -0.0933. The zero-order chi connectivity index (χ0) is 11.9. The molecule has 0 aliphatic heterocycles. The molecule has 1 aromatic heterocycles. The third kappa shape index (κ3) is 1.41. The molecule has 0 aromatic carbocycles. The Hall–Kier alpha value is -0.830. The second kappa shape index (κ2) is 3.88. The number of aliphatic hydroxyl groups is 1. The van der Waals surface area contributed by atoms with Gasteiger partial charge in [-0.2, -0.15) is 5.10 Å². The van der Waals surface area contributed by atoms with Gasteiger partial charge in [0.25, 0.3) is 0 Å². The van der Waals surface area contributed by atoms with Crippen LogP contribution in [-0.2, 0) is 7.05 Å². The highest BCUT2D eigenvalue weighted by Gasteiger charge is 2.53. The predicted molar refractivity (Wildman–Crippen MR) is 64.3 cm³/mol. The van der Waals surface area contributed by atoms with Crippen LogP contribution in [0, 0.1) is 12.3 Å². The van der Waals surface area contributed by atoms with Crippen molar-refractivity contribution >= 4 is 0 Å². The Bertz CT molecular complexity index is 379. The standard InChI is InChI=1S/C13H22N2O/c1-5-13(6-2)11(7-12(13)16)10-8-15(4)14-9(10)3/h8,11-12,16H,5-7H2,1-4H3. The molecule has 1 fully saturated rings. The molecule has 0 radical (unpaired) electrons. The highest BCUT2D eigenvalue weighted by molar-refractivity contribution is 5.28. The fraction of sp³-hybridized carbons (Fsp3) is 0.769. The summed E-state index contributed by atoms with van der Waals surface area (Å²) in [5.74, 6) is 0.492. The molecule has 0 bridgehead atoms. The molecule has 2 atom stereocenters. The first-order valence-electron chi connectivity index (χ1n) is 6.23. The van der Waals surface area contributed by atoms with Gasteiger partial charge in [0.1, 0.15) is 0 Å². The molecular weight excluding hydrogens is 200 g/mol. The molecule has 2 unspecified atom stereocenters. The molecule has 1 aliphatic carbocycles. The van der Waals surface area contributed by atoms with Gasteiger partial charge in [-0.15, -0.1) is 0 Å². The van der Waals surface area contributed by atoms with Crippen LogP contribution in [0.1, 0.15) is 50.3 Å². The Labute approximate surface area is 97.5 Å². The van der Waals surface area contributed by atoms with Crippen LogP contribution in [0.25, 0.3) is 0 Å². The van der Waals surface area contributed by atoms with E-state index in [4.69, 9.17) is 0 Å². The summed E-state index contributed by atoms with van der Waals surface area (Å²) in [5.41, 5.74) is 2.54. The van der Waals surface area contributed by atoms with Crippen molar-refractivity contribution in [1.82, 2.24) is 9.78 Å². The fourth-order valence-corrected chi connectivity index (χ4v) is 3.38. The number of aromatic nitrogens is 2. The topological polar surface area (TPSA) is 38.0 Å². The van der Waals surface area contributed by atoms with Gasteiger partial charge in [0, 0.05) is 18.7 Å². The highest BCUT2D eigenvalue weighted by Crippen LogP contribution is 2.57. The van der Waals surface area contributed by atoms with Crippen LogP contribution in [0.4, 0.5) is 0 Å². The van der Waals surface area contributed by atoms with E-state index in [1.54, 1.807) is 0 Å². The molecule has 0 saturated heterocycles. The Morgan fingerprint density at radius 1 is 1.50 bits per heavy atom. The van der Waals surface area contributed by atoms with Crippen molar-refractivity contribution in [3.8, 4) is 0 Å². The minimum Gasteiger partial charge on any atom is -0.393 e. The van der Waals surface area contributed by atoms with Crippen molar-refractivity contribution in [1.29, 1.82) is 0 Å². The number of rotatable bonds is 3. The molecule has 0 spiro atoms. The maximum atomic E-state index is 10.1. The van der Waals surface area contributed by atoms with Crippen molar-refractivity contribution in [3.63, 3.8) is 0 Å². The number of aryl methyl sites for hydroxylation is 2. The molecule has 1 saturated carbocycles. The maximum absolute atomic E-state index is 10.1. The van der Waals surface area contributed by atoms with Gasteiger partial charge in [-0.05, 0) is 37.7 Å². The van der Waals surface area contributed by atoms with Crippen molar-refractivity contribution in [2.75, 3.05) is 0 Å². The van der Waals surface area contributed by atoms with E-state index in [0.717, 1.165) is 25.0 Å². The third-order valence-corrected chi connectivity index (χ3v) is 4.56. The average molecular weight is 222 g/mol. The van der Waals surface area contributed by atoms with Gasteiger partial charge in [-0.3, -0.25) is 4.68 Å². The molecule has 3 nitrogen and oxygen atoms in total. The highest BCUT2D eigenvalue weighted by atomic mass is 16.3. The first kappa shape index (κ1) is 11.6. The van der Waals surface area contributed by atoms with Crippen molar-refractivity contribution in [3.05, 3.63) is 17.5 Å². The fourth-order valence-electron chi connectivity index (χ4n) is 3.38. The van der Waals surface area contributed by atoms with Gasteiger partial charge in [-0.1, -0.05) is 13.8 Å². The van der Waals surface area contributed by atoms with Gasteiger partial charge < -0.3 is 5.11 Å². The molecule has 3 heteroatoms. The van der Waals surface area contributed by atoms with Gasteiger partial charge in [0.2, 0.25) is 0 Å². The molecule has 1 aliphatic rings. The largest absolute Gasteiger partial charge is 0.393 e. The van der Waals surface area contributed by atoms with E-state index in [-0.39, 0.29) is 11.5 Å². The van der Waals surface area contributed by atoms with Crippen LogP contribution in [0.3, 0.4) is 0 Å². The quantitative estimate of drug-likeness (QED) is 0.852. The van der Waals surface area contributed by atoms with E-state index in [1.807, 2.05) is 11.7 Å². The molecule has 90 valence electrons. The molecule has 0 amide bonds.